The Balaban J connectivity index is 2.14. The lowest BCUT2D eigenvalue weighted by Crippen LogP contribution is -2.56. The van der Waals surface area contributed by atoms with E-state index in [4.69, 9.17) is 9.84 Å². The Morgan fingerprint density at radius 3 is 2.47 bits per heavy atom. The zero-order valence-electron chi connectivity index (χ0n) is 11.9. The van der Waals surface area contributed by atoms with E-state index < -0.39 is 5.97 Å². The summed E-state index contributed by atoms with van der Waals surface area (Å²) in [5.41, 5.74) is 0.480. The molecule has 1 aromatic heterocycles. The second-order valence-corrected chi connectivity index (χ2v) is 7.26. The van der Waals surface area contributed by atoms with Crippen LogP contribution >= 0.6 is 11.3 Å². The van der Waals surface area contributed by atoms with Crippen molar-refractivity contribution >= 4 is 17.3 Å². The third-order valence-electron chi connectivity index (χ3n) is 3.10. The first-order valence-corrected chi connectivity index (χ1v) is 7.29. The quantitative estimate of drug-likeness (QED) is 0.926. The molecule has 2 heterocycles. The first-order valence-electron chi connectivity index (χ1n) is 6.41. The number of morpholine rings is 1. The molecule has 5 heteroatoms. The number of hydrogen-bond acceptors (Lipinski definition) is 4. The van der Waals surface area contributed by atoms with Crippen LogP contribution in [-0.4, -0.2) is 40.3 Å². The van der Waals surface area contributed by atoms with Gasteiger partial charge in [-0.15, -0.1) is 11.3 Å². The molecule has 1 fully saturated rings. The molecule has 1 aliphatic heterocycles. The van der Waals surface area contributed by atoms with Crippen LogP contribution in [0.2, 0.25) is 0 Å². The highest BCUT2D eigenvalue weighted by Gasteiger charge is 2.38. The topological polar surface area (TPSA) is 49.8 Å². The van der Waals surface area contributed by atoms with Gasteiger partial charge in [-0.3, -0.25) is 4.90 Å². The van der Waals surface area contributed by atoms with Crippen LogP contribution < -0.4 is 0 Å². The second kappa shape index (κ2) is 4.89. The SMILES string of the molecule is CC1(C)CN(Cc2ccsc2C(=O)O)CC(C)(C)O1. The van der Waals surface area contributed by atoms with Crippen LogP contribution in [-0.2, 0) is 11.3 Å². The lowest BCUT2D eigenvalue weighted by Gasteiger charge is -2.47. The number of carboxylic acid groups (broad SMARTS) is 1. The predicted octanol–water partition coefficient (Wildman–Crippen LogP) is 2.84. The maximum atomic E-state index is 11.1. The molecule has 4 nitrogen and oxygen atoms in total. The van der Waals surface area contributed by atoms with Crippen LogP contribution in [0, 0.1) is 0 Å². The predicted molar refractivity (Wildman–Crippen MR) is 75.8 cm³/mol. The summed E-state index contributed by atoms with van der Waals surface area (Å²) in [6.07, 6.45) is 0. The molecule has 106 valence electrons. The summed E-state index contributed by atoms with van der Waals surface area (Å²) in [6, 6.07) is 1.91. The van der Waals surface area contributed by atoms with Crippen LogP contribution in [0.3, 0.4) is 0 Å². The highest BCUT2D eigenvalue weighted by atomic mass is 32.1. The average molecular weight is 283 g/mol. The van der Waals surface area contributed by atoms with Crippen LogP contribution in [0.4, 0.5) is 0 Å². The number of nitrogens with zero attached hydrogens (tertiary/aromatic N) is 1. The summed E-state index contributed by atoms with van der Waals surface area (Å²) in [5, 5.41) is 11.0. The van der Waals surface area contributed by atoms with Gasteiger partial charge in [-0.05, 0) is 44.7 Å². The Kier molecular flexibility index (Phi) is 3.73. The van der Waals surface area contributed by atoms with Gasteiger partial charge in [0, 0.05) is 19.6 Å². The van der Waals surface area contributed by atoms with E-state index in [0.29, 0.717) is 11.4 Å². The minimum absolute atomic E-state index is 0.207. The molecule has 1 aromatic rings. The molecule has 1 aliphatic rings. The molecule has 1 N–H and O–H groups in total. The number of carbonyl (C=O) groups is 1. The van der Waals surface area contributed by atoms with Crippen molar-refractivity contribution in [3.63, 3.8) is 0 Å². The highest BCUT2D eigenvalue weighted by Crippen LogP contribution is 2.30. The molecule has 1 saturated heterocycles. The van der Waals surface area contributed by atoms with Crippen LogP contribution in [0.1, 0.15) is 42.9 Å². The third-order valence-corrected chi connectivity index (χ3v) is 4.04. The molecule has 0 spiro atoms. The van der Waals surface area contributed by atoms with Gasteiger partial charge >= 0.3 is 5.97 Å². The van der Waals surface area contributed by atoms with Crippen LogP contribution in [0.25, 0.3) is 0 Å². The molecular weight excluding hydrogens is 262 g/mol. The van der Waals surface area contributed by atoms with Gasteiger partial charge in [0.2, 0.25) is 0 Å². The van der Waals surface area contributed by atoms with Crippen molar-refractivity contribution in [2.24, 2.45) is 0 Å². The number of carboxylic acids is 1. The van der Waals surface area contributed by atoms with E-state index in [0.717, 1.165) is 18.7 Å². The Bertz CT molecular complexity index is 463. The number of ether oxygens (including phenoxy) is 1. The van der Waals surface area contributed by atoms with Crippen molar-refractivity contribution < 1.29 is 14.6 Å². The molecule has 0 bridgehead atoms. The van der Waals surface area contributed by atoms with Gasteiger partial charge in [0.15, 0.2) is 0 Å². The van der Waals surface area contributed by atoms with Gasteiger partial charge in [0.1, 0.15) is 4.88 Å². The second-order valence-electron chi connectivity index (χ2n) is 6.35. The molecule has 0 aromatic carbocycles. The third kappa shape index (κ3) is 3.55. The number of aromatic carboxylic acids is 1. The fourth-order valence-electron chi connectivity index (χ4n) is 2.95. The zero-order valence-corrected chi connectivity index (χ0v) is 12.7. The minimum atomic E-state index is -0.836. The normalized spacial score (nSPS) is 22.3. The van der Waals surface area contributed by atoms with Gasteiger partial charge in [-0.25, -0.2) is 4.79 Å². The molecule has 2 rings (SSSR count). The van der Waals surface area contributed by atoms with Crippen LogP contribution in [0.5, 0.6) is 0 Å². The van der Waals surface area contributed by atoms with E-state index in [-0.39, 0.29) is 11.2 Å². The molecule has 0 atom stereocenters. The number of hydrogen-bond donors (Lipinski definition) is 1. The molecule has 0 aliphatic carbocycles. The standard InChI is InChI=1S/C14H21NO3S/c1-13(2)8-15(9-14(3,4)18-13)7-10-5-6-19-11(10)12(16)17/h5-6H,7-9H2,1-4H3,(H,16,17). The van der Waals surface area contributed by atoms with Gasteiger partial charge < -0.3 is 9.84 Å². The number of thiophene rings is 1. The van der Waals surface area contributed by atoms with E-state index in [1.165, 1.54) is 11.3 Å². The van der Waals surface area contributed by atoms with Gasteiger partial charge in [-0.1, -0.05) is 0 Å². The maximum Gasteiger partial charge on any atom is 0.346 e. The van der Waals surface area contributed by atoms with E-state index in [9.17, 15) is 4.79 Å². The van der Waals surface area contributed by atoms with E-state index in [1.807, 2.05) is 11.4 Å². The summed E-state index contributed by atoms with van der Waals surface area (Å²) >= 11 is 1.29. The summed E-state index contributed by atoms with van der Waals surface area (Å²) in [7, 11) is 0. The van der Waals surface area contributed by atoms with Gasteiger partial charge in [0.05, 0.1) is 11.2 Å². The lowest BCUT2D eigenvalue weighted by molar-refractivity contribution is -0.182. The van der Waals surface area contributed by atoms with Crippen LogP contribution in [0.15, 0.2) is 11.4 Å². The van der Waals surface area contributed by atoms with Crippen molar-refractivity contribution in [2.45, 2.75) is 45.4 Å². The minimum Gasteiger partial charge on any atom is -0.477 e. The summed E-state index contributed by atoms with van der Waals surface area (Å²) < 4.78 is 6.03. The largest absolute Gasteiger partial charge is 0.477 e. The van der Waals surface area contributed by atoms with Gasteiger partial charge in [-0.2, -0.15) is 0 Å². The molecule has 0 amide bonds. The van der Waals surface area contributed by atoms with Crippen molar-refractivity contribution in [1.82, 2.24) is 4.90 Å². The van der Waals surface area contributed by atoms with Crippen molar-refractivity contribution in [2.75, 3.05) is 13.1 Å². The van der Waals surface area contributed by atoms with E-state index in [1.54, 1.807) is 0 Å². The summed E-state index contributed by atoms with van der Waals surface area (Å²) in [6.45, 7) is 10.6. The lowest BCUT2D eigenvalue weighted by atomic mass is 9.98. The Hall–Kier alpha value is -0.910. The fourth-order valence-corrected chi connectivity index (χ4v) is 3.70. The van der Waals surface area contributed by atoms with Crippen molar-refractivity contribution in [3.05, 3.63) is 21.9 Å². The first-order chi connectivity index (χ1) is 8.69. The Labute approximate surface area is 118 Å². The molecular formula is C14H21NO3S. The first kappa shape index (κ1) is 14.5. The summed E-state index contributed by atoms with van der Waals surface area (Å²) in [5.74, 6) is -0.836. The molecule has 19 heavy (non-hydrogen) atoms. The highest BCUT2D eigenvalue weighted by molar-refractivity contribution is 7.12. The smallest absolute Gasteiger partial charge is 0.346 e. The average Bonchev–Trinajstić information content (AvgIpc) is 2.60. The molecule has 0 radical (unpaired) electrons. The summed E-state index contributed by atoms with van der Waals surface area (Å²) in [4.78, 5) is 13.9. The molecule has 0 saturated carbocycles. The van der Waals surface area contributed by atoms with Crippen molar-refractivity contribution in [3.8, 4) is 0 Å². The Morgan fingerprint density at radius 1 is 1.37 bits per heavy atom. The van der Waals surface area contributed by atoms with Gasteiger partial charge in [0.25, 0.3) is 0 Å². The van der Waals surface area contributed by atoms with E-state index >= 15 is 0 Å². The number of rotatable bonds is 3. The fraction of sp³-hybridized carbons (Fsp3) is 0.643. The van der Waals surface area contributed by atoms with E-state index in [2.05, 4.69) is 32.6 Å². The Morgan fingerprint density at radius 2 is 1.95 bits per heavy atom. The molecule has 0 unspecified atom stereocenters. The monoisotopic (exact) mass is 283 g/mol. The maximum absolute atomic E-state index is 11.1. The zero-order chi connectivity index (χ0) is 14.3. The van der Waals surface area contributed by atoms with Crippen molar-refractivity contribution in [1.29, 1.82) is 0 Å².